The number of nitrogens with zero attached hydrogens (tertiary/aromatic N) is 1. The van der Waals surface area contributed by atoms with Gasteiger partial charge in [0.05, 0.1) is 18.8 Å². The van der Waals surface area contributed by atoms with E-state index in [0.29, 0.717) is 0 Å². The van der Waals surface area contributed by atoms with Crippen LogP contribution >= 0.6 is 0 Å². The monoisotopic (exact) mass is 386 g/mol. The number of rotatable bonds is 6. The van der Waals surface area contributed by atoms with E-state index < -0.39 is 10.0 Å². The van der Waals surface area contributed by atoms with Crippen molar-refractivity contribution in [2.75, 3.05) is 12.8 Å². The third-order valence-corrected chi connectivity index (χ3v) is 6.17. The minimum atomic E-state index is -3.50. The molecule has 2 aromatic carbocycles. The average Bonchev–Trinajstić information content (AvgIpc) is 2.62. The van der Waals surface area contributed by atoms with Gasteiger partial charge in [-0.25, -0.2) is 8.42 Å². The average molecular weight is 387 g/mol. The zero-order chi connectivity index (χ0) is 19.4. The first-order valence-electron chi connectivity index (χ1n) is 9.21. The van der Waals surface area contributed by atoms with Gasteiger partial charge < -0.3 is 5.32 Å². The van der Waals surface area contributed by atoms with E-state index in [4.69, 9.17) is 0 Å². The molecule has 0 bridgehead atoms. The van der Waals surface area contributed by atoms with Crippen molar-refractivity contribution in [1.29, 1.82) is 0 Å². The fourth-order valence-electron chi connectivity index (χ4n) is 3.49. The molecule has 0 aromatic heterocycles. The summed E-state index contributed by atoms with van der Waals surface area (Å²) in [5.41, 5.74) is 4.37. The van der Waals surface area contributed by atoms with Crippen LogP contribution in [0.15, 0.2) is 48.5 Å². The van der Waals surface area contributed by atoms with Crippen molar-refractivity contribution in [3.8, 4) is 0 Å². The van der Waals surface area contributed by atoms with Gasteiger partial charge in [0.1, 0.15) is 0 Å². The van der Waals surface area contributed by atoms with Crippen LogP contribution < -0.4 is 5.32 Å². The molecule has 0 aliphatic heterocycles. The lowest BCUT2D eigenvalue weighted by Gasteiger charge is -2.27. The quantitative estimate of drug-likeness (QED) is 0.830. The van der Waals surface area contributed by atoms with E-state index in [1.54, 1.807) is 0 Å². The molecule has 1 aliphatic rings. The molecule has 6 heteroatoms. The Bertz CT molecular complexity index is 907. The summed E-state index contributed by atoms with van der Waals surface area (Å²) < 4.78 is 25.6. The van der Waals surface area contributed by atoms with Gasteiger partial charge in [-0.2, -0.15) is 4.31 Å². The zero-order valence-corrected chi connectivity index (χ0v) is 16.6. The second kappa shape index (κ2) is 8.23. The van der Waals surface area contributed by atoms with E-state index in [0.717, 1.165) is 42.2 Å². The van der Waals surface area contributed by atoms with Gasteiger partial charge in [-0.15, -0.1) is 0 Å². The van der Waals surface area contributed by atoms with Crippen LogP contribution in [0.4, 0.5) is 0 Å². The molecule has 0 heterocycles. The number of carbonyl (C=O) groups is 1. The second-order valence-electron chi connectivity index (χ2n) is 7.23. The number of amides is 1. The Morgan fingerprint density at radius 1 is 1.15 bits per heavy atom. The fraction of sp³-hybridized carbons (Fsp3) is 0.381. The van der Waals surface area contributed by atoms with Crippen LogP contribution in [0.2, 0.25) is 0 Å². The molecular weight excluding hydrogens is 360 g/mol. The molecule has 1 unspecified atom stereocenters. The van der Waals surface area contributed by atoms with Crippen molar-refractivity contribution < 1.29 is 13.2 Å². The molecule has 1 atom stereocenters. The SMILES string of the molecule is Cc1ccc(CN(CC(=O)NC2CCCc3ccccc32)S(C)(=O)=O)cc1. The van der Waals surface area contributed by atoms with Crippen LogP contribution in [-0.4, -0.2) is 31.4 Å². The van der Waals surface area contributed by atoms with E-state index in [-0.39, 0.29) is 25.0 Å². The molecule has 1 amide bonds. The van der Waals surface area contributed by atoms with Crippen molar-refractivity contribution in [3.05, 3.63) is 70.8 Å². The topological polar surface area (TPSA) is 66.5 Å². The van der Waals surface area contributed by atoms with Gasteiger partial charge in [-0.05, 0) is 42.9 Å². The molecule has 0 spiro atoms. The third-order valence-electron chi connectivity index (χ3n) is 4.97. The lowest BCUT2D eigenvalue weighted by Crippen LogP contribution is -2.41. The Morgan fingerprint density at radius 2 is 1.85 bits per heavy atom. The third kappa shape index (κ3) is 5.17. The summed E-state index contributed by atoms with van der Waals surface area (Å²) in [5.74, 6) is -0.269. The Morgan fingerprint density at radius 3 is 2.56 bits per heavy atom. The van der Waals surface area contributed by atoms with Crippen LogP contribution in [0, 0.1) is 6.92 Å². The minimum Gasteiger partial charge on any atom is -0.348 e. The minimum absolute atomic E-state index is 0.0526. The predicted octanol–water partition coefficient (Wildman–Crippen LogP) is 2.95. The lowest BCUT2D eigenvalue weighted by molar-refractivity contribution is -0.122. The summed E-state index contributed by atoms with van der Waals surface area (Å²) in [7, 11) is -3.50. The van der Waals surface area contributed by atoms with Gasteiger partial charge >= 0.3 is 0 Å². The van der Waals surface area contributed by atoms with Gasteiger partial charge in [0, 0.05) is 6.54 Å². The first kappa shape index (κ1) is 19.6. The number of fused-ring (bicyclic) bond motifs is 1. The van der Waals surface area contributed by atoms with Crippen molar-refractivity contribution >= 4 is 15.9 Å². The zero-order valence-electron chi connectivity index (χ0n) is 15.8. The van der Waals surface area contributed by atoms with Crippen LogP contribution in [0.1, 0.15) is 41.1 Å². The molecule has 0 radical (unpaired) electrons. The smallest absolute Gasteiger partial charge is 0.235 e. The summed E-state index contributed by atoms with van der Waals surface area (Å²) in [6.45, 7) is 1.99. The first-order valence-corrected chi connectivity index (χ1v) is 11.1. The molecule has 27 heavy (non-hydrogen) atoms. The summed E-state index contributed by atoms with van der Waals surface area (Å²) in [4.78, 5) is 12.6. The first-order chi connectivity index (χ1) is 12.8. The number of carbonyl (C=O) groups excluding carboxylic acids is 1. The standard InChI is InChI=1S/C21H26N2O3S/c1-16-10-12-17(13-11-16)14-23(27(2,25)26)15-21(24)22-20-9-5-7-18-6-3-4-8-19(18)20/h3-4,6,8,10-13,20H,5,7,9,14-15H2,1-2H3,(H,22,24). The Labute approximate surface area is 161 Å². The maximum atomic E-state index is 12.6. The largest absolute Gasteiger partial charge is 0.348 e. The Kier molecular flexibility index (Phi) is 5.97. The van der Waals surface area contributed by atoms with Gasteiger partial charge in [0.15, 0.2) is 0 Å². The lowest BCUT2D eigenvalue weighted by atomic mass is 9.88. The molecule has 0 saturated carbocycles. The second-order valence-corrected chi connectivity index (χ2v) is 9.21. The molecule has 0 saturated heterocycles. The van der Waals surface area contributed by atoms with Crippen molar-refractivity contribution in [1.82, 2.24) is 9.62 Å². The number of sulfonamides is 1. The molecule has 5 nitrogen and oxygen atoms in total. The maximum absolute atomic E-state index is 12.6. The number of aryl methyl sites for hydroxylation is 2. The van der Waals surface area contributed by atoms with Gasteiger partial charge in [0.2, 0.25) is 15.9 Å². The Hall–Kier alpha value is -2.18. The molecule has 144 valence electrons. The van der Waals surface area contributed by atoms with Gasteiger partial charge in [-0.1, -0.05) is 54.1 Å². The number of hydrogen-bond acceptors (Lipinski definition) is 3. The highest BCUT2D eigenvalue weighted by molar-refractivity contribution is 7.88. The highest BCUT2D eigenvalue weighted by atomic mass is 32.2. The summed E-state index contributed by atoms with van der Waals surface area (Å²) in [5, 5.41) is 3.03. The molecule has 3 rings (SSSR count). The van der Waals surface area contributed by atoms with E-state index in [1.807, 2.05) is 49.4 Å². The number of nitrogens with one attached hydrogen (secondary N) is 1. The molecule has 1 aliphatic carbocycles. The highest BCUT2D eigenvalue weighted by Crippen LogP contribution is 2.29. The molecule has 0 fully saturated rings. The number of benzene rings is 2. The molecule has 2 aromatic rings. The number of hydrogen-bond donors (Lipinski definition) is 1. The van der Waals surface area contributed by atoms with Crippen LogP contribution in [-0.2, 0) is 27.8 Å². The van der Waals surface area contributed by atoms with E-state index in [2.05, 4.69) is 11.4 Å². The van der Waals surface area contributed by atoms with E-state index >= 15 is 0 Å². The van der Waals surface area contributed by atoms with Crippen molar-refractivity contribution in [3.63, 3.8) is 0 Å². The van der Waals surface area contributed by atoms with Gasteiger partial charge in [-0.3, -0.25) is 4.79 Å². The van der Waals surface area contributed by atoms with Crippen molar-refractivity contribution in [2.24, 2.45) is 0 Å². The van der Waals surface area contributed by atoms with Crippen molar-refractivity contribution in [2.45, 2.75) is 38.8 Å². The Balaban J connectivity index is 1.69. The summed E-state index contributed by atoms with van der Waals surface area (Å²) in [6, 6.07) is 15.7. The predicted molar refractivity (Wildman–Crippen MR) is 107 cm³/mol. The van der Waals surface area contributed by atoms with E-state index in [1.165, 1.54) is 9.87 Å². The fourth-order valence-corrected chi connectivity index (χ4v) is 4.23. The summed E-state index contributed by atoms with van der Waals surface area (Å²) in [6.07, 6.45) is 4.05. The van der Waals surface area contributed by atoms with Crippen LogP contribution in [0.5, 0.6) is 0 Å². The molecule has 1 N–H and O–H groups in total. The highest BCUT2D eigenvalue weighted by Gasteiger charge is 2.25. The molecular formula is C21H26N2O3S. The maximum Gasteiger partial charge on any atom is 0.235 e. The normalized spacial score (nSPS) is 16.8. The van der Waals surface area contributed by atoms with E-state index in [9.17, 15) is 13.2 Å². The van der Waals surface area contributed by atoms with Crippen LogP contribution in [0.25, 0.3) is 0 Å². The van der Waals surface area contributed by atoms with Gasteiger partial charge in [0.25, 0.3) is 0 Å². The van der Waals surface area contributed by atoms with Crippen LogP contribution in [0.3, 0.4) is 0 Å². The summed E-state index contributed by atoms with van der Waals surface area (Å²) >= 11 is 0.